The van der Waals surface area contributed by atoms with Crippen molar-refractivity contribution in [2.45, 2.75) is 16.7 Å². The zero-order valence-corrected chi connectivity index (χ0v) is 7.18. The van der Waals surface area contributed by atoms with Gasteiger partial charge in [-0.25, -0.2) is 0 Å². The van der Waals surface area contributed by atoms with Crippen LogP contribution < -0.4 is 0 Å². The summed E-state index contributed by atoms with van der Waals surface area (Å²) < 4.78 is 12.0. The van der Waals surface area contributed by atoms with E-state index < -0.39 is 0 Å². The van der Waals surface area contributed by atoms with Crippen LogP contribution in [0.1, 0.15) is 5.56 Å². The molecule has 0 saturated heterocycles. The lowest BCUT2D eigenvalue weighted by molar-refractivity contribution is 0.927. The molecule has 0 atom stereocenters. The van der Waals surface area contributed by atoms with Crippen LogP contribution in [0.5, 0.6) is 0 Å². The molecule has 54 valence electrons. The van der Waals surface area contributed by atoms with Gasteiger partial charge in [-0.15, -0.1) is 12.6 Å². The lowest BCUT2D eigenvalue weighted by Gasteiger charge is -1.98. The predicted octanol–water partition coefficient (Wildman–Crippen LogP) is 3.26. The highest BCUT2D eigenvalue weighted by Crippen LogP contribution is 2.26. The lowest BCUT2D eigenvalue weighted by Crippen LogP contribution is -1.74. The van der Waals surface area contributed by atoms with Crippen LogP contribution in [-0.2, 0) is 0 Å². The van der Waals surface area contributed by atoms with Crippen molar-refractivity contribution in [2.75, 3.05) is 0 Å². The van der Waals surface area contributed by atoms with Crippen molar-refractivity contribution in [2.24, 2.45) is 0 Å². The van der Waals surface area contributed by atoms with Crippen molar-refractivity contribution >= 4 is 24.8 Å². The summed E-state index contributed by atoms with van der Waals surface area (Å²) in [5, 5.41) is 0. The van der Waals surface area contributed by atoms with Crippen LogP contribution in [0.2, 0.25) is 0 Å². The van der Waals surface area contributed by atoms with E-state index in [9.17, 15) is 3.89 Å². The molecular weight excluding hydrogens is 167 g/mol. The molecular formula is C7H7FS2. The van der Waals surface area contributed by atoms with Crippen LogP contribution in [-0.4, -0.2) is 0 Å². The van der Waals surface area contributed by atoms with Gasteiger partial charge >= 0.3 is 0 Å². The number of benzene rings is 1. The molecule has 0 spiro atoms. The molecule has 0 fully saturated rings. The fourth-order valence-electron chi connectivity index (χ4n) is 0.693. The monoisotopic (exact) mass is 174 g/mol. The Morgan fingerprint density at radius 2 is 2.20 bits per heavy atom. The molecule has 0 radical (unpaired) electrons. The van der Waals surface area contributed by atoms with E-state index in [1.807, 2.05) is 19.1 Å². The summed E-state index contributed by atoms with van der Waals surface area (Å²) in [5.41, 5.74) is 1.10. The van der Waals surface area contributed by atoms with Crippen molar-refractivity contribution in [3.8, 4) is 0 Å². The van der Waals surface area contributed by atoms with Gasteiger partial charge in [-0.2, -0.15) is 3.89 Å². The van der Waals surface area contributed by atoms with Crippen LogP contribution in [0.4, 0.5) is 3.89 Å². The summed E-state index contributed by atoms with van der Waals surface area (Å²) in [6, 6.07) is 5.43. The summed E-state index contributed by atoms with van der Waals surface area (Å²) >= 11 is 4.31. The average molecular weight is 174 g/mol. The number of hydrogen-bond acceptors (Lipinski definition) is 2. The van der Waals surface area contributed by atoms with Gasteiger partial charge in [-0.1, -0.05) is 6.07 Å². The summed E-state index contributed by atoms with van der Waals surface area (Å²) in [7, 11) is 0. The van der Waals surface area contributed by atoms with Crippen molar-refractivity contribution in [1.29, 1.82) is 0 Å². The maximum atomic E-state index is 12.0. The van der Waals surface area contributed by atoms with Gasteiger partial charge in [0.05, 0.1) is 17.0 Å². The first kappa shape index (κ1) is 7.95. The van der Waals surface area contributed by atoms with Gasteiger partial charge in [0.2, 0.25) is 0 Å². The maximum absolute atomic E-state index is 12.0. The van der Waals surface area contributed by atoms with Crippen LogP contribution >= 0.6 is 24.8 Å². The third-order valence-corrected chi connectivity index (χ3v) is 2.24. The van der Waals surface area contributed by atoms with Crippen molar-refractivity contribution in [3.05, 3.63) is 23.8 Å². The zero-order chi connectivity index (χ0) is 7.56. The second-order valence-electron chi connectivity index (χ2n) is 2.05. The first-order valence-corrected chi connectivity index (χ1v) is 3.98. The van der Waals surface area contributed by atoms with Gasteiger partial charge in [0.25, 0.3) is 0 Å². The molecule has 0 aliphatic carbocycles. The molecule has 0 aliphatic heterocycles. The van der Waals surface area contributed by atoms with Gasteiger partial charge in [-0.3, -0.25) is 0 Å². The van der Waals surface area contributed by atoms with Crippen LogP contribution in [0.25, 0.3) is 0 Å². The average Bonchev–Trinajstić information content (AvgIpc) is 1.88. The topological polar surface area (TPSA) is 0 Å². The Morgan fingerprint density at radius 1 is 1.50 bits per heavy atom. The number of aryl methyl sites for hydroxylation is 1. The van der Waals surface area contributed by atoms with Gasteiger partial charge in [-0.05, 0) is 24.6 Å². The summed E-state index contributed by atoms with van der Waals surface area (Å²) in [5.74, 6) is 0. The molecule has 10 heavy (non-hydrogen) atoms. The first-order chi connectivity index (χ1) is 4.74. The second kappa shape index (κ2) is 3.30. The number of halogens is 1. The lowest BCUT2D eigenvalue weighted by atomic mass is 10.2. The van der Waals surface area contributed by atoms with E-state index in [0.717, 1.165) is 5.56 Å². The molecule has 1 aromatic rings. The Balaban J connectivity index is 3.07. The molecule has 0 bridgehead atoms. The Labute approximate surface area is 69.5 Å². The molecule has 0 saturated carbocycles. The van der Waals surface area contributed by atoms with Crippen LogP contribution in [0, 0.1) is 6.92 Å². The van der Waals surface area contributed by atoms with Gasteiger partial charge in [0.1, 0.15) is 0 Å². The van der Waals surface area contributed by atoms with E-state index in [4.69, 9.17) is 0 Å². The highest BCUT2D eigenvalue weighted by molar-refractivity contribution is 7.95. The Kier molecular flexibility index (Phi) is 2.63. The predicted molar refractivity (Wildman–Crippen MR) is 45.4 cm³/mol. The summed E-state index contributed by atoms with van der Waals surface area (Å²) in [6.45, 7) is 1.95. The Morgan fingerprint density at radius 3 is 2.70 bits per heavy atom. The standard InChI is InChI=1S/C7H7FS2/c1-5-2-3-7(10-8)6(9)4-5/h2-4,9H,1H3. The van der Waals surface area contributed by atoms with Gasteiger partial charge in [0.15, 0.2) is 0 Å². The highest BCUT2D eigenvalue weighted by Gasteiger charge is 1.97. The van der Waals surface area contributed by atoms with E-state index in [0.29, 0.717) is 9.79 Å². The summed E-state index contributed by atoms with van der Waals surface area (Å²) in [6.07, 6.45) is 0. The third kappa shape index (κ3) is 1.67. The number of thiol groups is 1. The minimum absolute atomic E-state index is 0.228. The minimum atomic E-state index is 0.228. The molecule has 0 nitrogen and oxygen atoms in total. The smallest absolute Gasteiger partial charge is 0.0823 e. The number of hydrogen-bond donors (Lipinski definition) is 1. The fraction of sp³-hybridized carbons (Fsp3) is 0.143. The van der Waals surface area contributed by atoms with Gasteiger partial charge in [0, 0.05) is 4.90 Å². The SMILES string of the molecule is Cc1ccc(SF)c(S)c1. The maximum Gasteiger partial charge on any atom is 0.0823 e. The van der Waals surface area contributed by atoms with Crippen molar-refractivity contribution in [1.82, 2.24) is 0 Å². The normalized spacial score (nSPS) is 9.90. The second-order valence-corrected chi connectivity index (χ2v) is 3.12. The summed E-state index contributed by atoms with van der Waals surface area (Å²) in [4.78, 5) is 1.28. The fourth-order valence-corrected chi connectivity index (χ4v) is 1.33. The van der Waals surface area contributed by atoms with Crippen LogP contribution in [0.3, 0.4) is 0 Å². The van der Waals surface area contributed by atoms with E-state index in [1.165, 1.54) is 0 Å². The van der Waals surface area contributed by atoms with E-state index in [1.54, 1.807) is 6.07 Å². The first-order valence-electron chi connectivity index (χ1n) is 2.82. The highest BCUT2D eigenvalue weighted by atomic mass is 32.2. The zero-order valence-electron chi connectivity index (χ0n) is 5.47. The van der Waals surface area contributed by atoms with Crippen molar-refractivity contribution < 1.29 is 3.89 Å². The molecule has 0 aromatic heterocycles. The van der Waals surface area contributed by atoms with E-state index in [2.05, 4.69) is 12.6 Å². The Bertz CT molecular complexity index is 235. The van der Waals surface area contributed by atoms with E-state index >= 15 is 0 Å². The molecule has 0 N–H and O–H groups in total. The number of rotatable bonds is 1. The molecule has 3 heteroatoms. The minimum Gasteiger partial charge on any atom is -0.160 e. The molecule has 1 rings (SSSR count). The molecule has 0 amide bonds. The molecule has 1 aromatic carbocycles. The Hall–Kier alpha value is -0.150. The van der Waals surface area contributed by atoms with Crippen molar-refractivity contribution in [3.63, 3.8) is 0 Å². The molecule has 0 aliphatic rings. The van der Waals surface area contributed by atoms with Crippen LogP contribution in [0.15, 0.2) is 28.0 Å². The quantitative estimate of drug-likeness (QED) is 0.638. The van der Waals surface area contributed by atoms with Gasteiger partial charge < -0.3 is 0 Å². The van der Waals surface area contributed by atoms with E-state index in [-0.39, 0.29) is 12.1 Å². The third-order valence-electron chi connectivity index (χ3n) is 1.20. The largest absolute Gasteiger partial charge is 0.160 e. The molecule has 0 heterocycles. The molecule has 0 unspecified atom stereocenters.